The highest BCUT2D eigenvalue weighted by atomic mass is 16.7. The maximum Gasteiger partial charge on any atom is 0.247 e. The Kier molecular flexibility index (Phi) is 2.88. The molecule has 7 nitrogen and oxygen atoms in total. The summed E-state index contributed by atoms with van der Waals surface area (Å²) in [5.41, 5.74) is 0. The monoisotopic (exact) mass is 196 g/mol. The van der Waals surface area contributed by atoms with Crippen molar-refractivity contribution in [3.8, 4) is 0 Å². The van der Waals surface area contributed by atoms with E-state index in [1.165, 1.54) is 0 Å². The molecule has 13 heavy (non-hydrogen) atoms. The molecular formula is C6H12O7. The zero-order valence-electron chi connectivity index (χ0n) is 6.61. The molecular weight excluding hydrogens is 184 g/mol. The molecule has 0 aliphatic carbocycles. The van der Waals surface area contributed by atoms with E-state index in [0.29, 0.717) is 0 Å². The minimum atomic E-state index is -2.65. The Bertz CT molecular complexity index is 184. The maximum absolute atomic E-state index is 9.26. The van der Waals surface area contributed by atoms with E-state index in [4.69, 9.17) is 25.5 Å². The van der Waals surface area contributed by atoms with E-state index in [2.05, 4.69) is 4.74 Å². The van der Waals surface area contributed by atoms with Crippen LogP contribution in [0.1, 0.15) is 0 Å². The lowest BCUT2D eigenvalue weighted by Gasteiger charge is -2.42. The van der Waals surface area contributed by atoms with Crippen LogP contribution < -0.4 is 0 Å². The van der Waals surface area contributed by atoms with E-state index in [9.17, 15) is 5.11 Å². The van der Waals surface area contributed by atoms with Gasteiger partial charge in [0.1, 0.15) is 18.3 Å². The Hall–Kier alpha value is -0.280. The highest BCUT2D eigenvalue weighted by molar-refractivity contribution is 4.92. The van der Waals surface area contributed by atoms with Crippen molar-refractivity contribution in [1.82, 2.24) is 0 Å². The average molecular weight is 196 g/mol. The van der Waals surface area contributed by atoms with E-state index in [-0.39, 0.29) is 0 Å². The maximum atomic E-state index is 9.26. The van der Waals surface area contributed by atoms with Gasteiger partial charge in [-0.15, -0.1) is 0 Å². The van der Waals surface area contributed by atoms with Gasteiger partial charge in [-0.2, -0.15) is 0 Å². The molecule has 1 rings (SSSR count). The number of hydrogen-bond acceptors (Lipinski definition) is 7. The van der Waals surface area contributed by atoms with Gasteiger partial charge in [0.2, 0.25) is 12.1 Å². The molecule has 0 aromatic rings. The first-order valence-electron chi connectivity index (χ1n) is 3.66. The van der Waals surface area contributed by atoms with Crippen molar-refractivity contribution >= 4 is 0 Å². The smallest absolute Gasteiger partial charge is 0.247 e. The van der Waals surface area contributed by atoms with Gasteiger partial charge in [0.25, 0.3) is 0 Å². The normalized spacial score (nSPS) is 46.8. The predicted octanol–water partition coefficient (Wildman–Crippen LogP) is -3.90. The molecule has 0 bridgehead atoms. The summed E-state index contributed by atoms with van der Waals surface area (Å²) in [5, 5.41) is 53.7. The molecule has 7 heteroatoms. The molecule has 0 aromatic carbocycles. The molecule has 0 spiro atoms. The van der Waals surface area contributed by atoms with Crippen LogP contribution >= 0.6 is 0 Å². The second-order valence-corrected chi connectivity index (χ2v) is 2.94. The summed E-state index contributed by atoms with van der Waals surface area (Å²) in [6.07, 6.45) is -7.38. The minimum absolute atomic E-state index is 0.494. The molecule has 0 amide bonds. The molecule has 4 unspecified atom stereocenters. The molecule has 1 aliphatic heterocycles. The van der Waals surface area contributed by atoms with Crippen LogP contribution in [-0.4, -0.2) is 67.6 Å². The van der Waals surface area contributed by atoms with Gasteiger partial charge in [-0.05, 0) is 0 Å². The van der Waals surface area contributed by atoms with E-state index < -0.39 is 37.0 Å². The number of aliphatic hydroxyl groups excluding tert-OH is 4. The Morgan fingerprint density at radius 1 is 1.23 bits per heavy atom. The fraction of sp³-hybridized carbons (Fsp3) is 1.00. The summed E-state index contributed by atoms with van der Waals surface area (Å²) in [6.45, 7) is -0.494. The number of aliphatic hydroxyl groups is 6. The second-order valence-electron chi connectivity index (χ2n) is 2.94. The van der Waals surface area contributed by atoms with Crippen LogP contribution in [0.3, 0.4) is 0 Å². The van der Waals surface area contributed by atoms with Crippen LogP contribution in [0.25, 0.3) is 0 Å². The predicted molar refractivity (Wildman–Crippen MR) is 37.1 cm³/mol. The molecule has 1 fully saturated rings. The lowest BCUT2D eigenvalue weighted by Crippen LogP contribution is -2.65. The van der Waals surface area contributed by atoms with Crippen molar-refractivity contribution in [2.24, 2.45) is 0 Å². The van der Waals surface area contributed by atoms with Gasteiger partial charge in [0, 0.05) is 0 Å². The average Bonchev–Trinajstić information content (AvgIpc) is 2.08. The SMILES string of the molecule is OC1COC(O)(C(O)O)C(O)C1O. The fourth-order valence-electron chi connectivity index (χ4n) is 1.09. The molecule has 0 radical (unpaired) electrons. The summed E-state index contributed by atoms with van der Waals surface area (Å²) in [4.78, 5) is 0. The summed E-state index contributed by atoms with van der Waals surface area (Å²) >= 11 is 0. The first kappa shape index (κ1) is 10.8. The second kappa shape index (κ2) is 3.46. The quantitative estimate of drug-likeness (QED) is 0.236. The Balaban J connectivity index is 2.79. The molecule has 0 aromatic heterocycles. The number of ether oxygens (including phenoxy) is 1. The lowest BCUT2D eigenvalue weighted by atomic mass is 9.96. The number of hydrogen-bond donors (Lipinski definition) is 6. The van der Waals surface area contributed by atoms with Gasteiger partial charge in [-0.25, -0.2) is 0 Å². The summed E-state index contributed by atoms with van der Waals surface area (Å²) in [7, 11) is 0. The Labute approximate surface area is 73.4 Å². The van der Waals surface area contributed by atoms with Crippen molar-refractivity contribution in [3.05, 3.63) is 0 Å². The van der Waals surface area contributed by atoms with Crippen LogP contribution in [0.5, 0.6) is 0 Å². The van der Waals surface area contributed by atoms with Crippen LogP contribution in [0.15, 0.2) is 0 Å². The summed E-state index contributed by atoms with van der Waals surface area (Å²) in [5.74, 6) is -2.65. The van der Waals surface area contributed by atoms with E-state index in [1.54, 1.807) is 0 Å². The van der Waals surface area contributed by atoms with Crippen molar-refractivity contribution in [3.63, 3.8) is 0 Å². The Morgan fingerprint density at radius 2 is 1.77 bits per heavy atom. The molecule has 1 saturated heterocycles. The van der Waals surface area contributed by atoms with Gasteiger partial charge >= 0.3 is 0 Å². The lowest BCUT2D eigenvalue weighted by molar-refractivity contribution is -0.384. The van der Waals surface area contributed by atoms with Gasteiger partial charge in [-0.3, -0.25) is 0 Å². The van der Waals surface area contributed by atoms with Crippen LogP contribution in [0, 0.1) is 0 Å². The van der Waals surface area contributed by atoms with Crippen LogP contribution in [0.2, 0.25) is 0 Å². The number of rotatable bonds is 1. The van der Waals surface area contributed by atoms with Crippen LogP contribution in [-0.2, 0) is 4.74 Å². The molecule has 1 aliphatic rings. The Morgan fingerprint density at radius 3 is 2.23 bits per heavy atom. The van der Waals surface area contributed by atoms with E-state index in [0.717, 1.165) is 0 Å². The first-order valence-corrected chi connectivity index (χ1v) is 3.66. The van der Waals surface area contributed by atoms with Gasteiger partial charge < -0.3 is 35.4 Å². The topological polar surface area (TPSA) is 131 Å². The van der Waals surface area contributed by atoms with E-state index in [1.807, 2.05) is 0 Å². The van der Waals surface area contributed by atoms with Crippen LogP contribution in [0.4, 0.5) is 0 Å². The highest BCUT2D eigenvalue weighted by Gasteiger charge is 2.52. The molecule has 6 N–H and O–H groups in total. The third-order valence-electron chi connectivity index (χ3n) is 2.00. The molecule has 78 valence electrons. The van der Waals surface area contributed by atoms with E-state index >= 15 is 0 Å². The van der Waals surface area contributed by atoms with Crippen molar-refractivity contribution in [2.45, 2.75) is 30.4 Å². The molecule has 1 heterocycles. The highest BCUT2D eigenvalue weighted by Crippen LogP contribution is 2.25. The van der Waals surface area contributed by atoms with Gasteiger partial charge in [0.05, 0.1) is 6.61 Å². The van der Waals surface area contributed by atoms with Gasteiger partial charge in [-0.1, -0.05) is 0 Å². The minimum Gasteiger partial charge on any atom is -0.388 e. The zero-order valence-corrected chi connectivity index (χ0v) is 6.61. The first-order chi connectivity index (χ1) is 5.89. The molecule has 0 saturated carbocycles. The standard InChI is InChI=1S/C6H12O7/c7-2-1-13-6(12,5(10)11)4(9)3(2)8/h2-5,7-12H,1H2. The van der Waals surface area contributed by atoms with Crippen molar-refractivity contribution in [2.75, 3.05) is 6.61 Å². The summed E-state index contributed by atoms with van der Waals surface area (Å²) < 4.78 is 4.42. The zero-order chi connectivity index (χ0) is 10.2. The fourth-order valence-corrected chi connectivity index (χ4v) is 1.09. The van der Waals surface area contributed by atoms with Crippen molar-refractivity contribution in [1.29, 1.82) is 0 Å². The molecule has 4 atom stereocenters. The third-order valence-corrected chi connectivity index (χ3v) is 2.00. The largest absolute Gasteiger partial charge is 0.388 e. The van der Waals surface area contributed by atoms with Gasteiger partial charge in [0.15, 0.2) is 0 Å². The third kappa shape index (κ3) is 1.67. The van der Waals surface area contributed by atoms with Crippen molar-refractivity contribution < 1.29 is 35.4 Å². The summed E-state index contributed by atoms with van der Waals surface area (Å²) in [6, 6.07) is 0.